The summed E-state index contributed by atoms with van der Waals surface area (Å²) in [5.74, 6) is 0.434. The molecule has 1 N–H and O–H groups in total. The van der Waals surface area contributed by atoms with E-state index < -0.39 is 0 Å². The Bertz CT molecular complexity index is 348. The van der Waals surface area contributed by atoms with E-state index in [1.54, 1.807) is 0 Å². The van der Waals surface area contributed by atoms with Gasteiger partial charge in [-0.2, -0.15) is 0 Å². The van der Waals surface area contributed by atoms with Gasteiger partial charge in [0.25, 0.3) is 0 Å². The first kappa shape index (κ1) is 13.3. The summed E-state index contributed by atoms with van der Waals surface area (Å²) in [6, 6.07) is 0. The van der Waals surface area contributed by atoms with Crippen molar-refractivity contribution in [3.8, 4) is 0 Å². The molecule has 2 nitrogen and oxygen atoms in total. The molecular weight excluding hydrogens is 220 g/mol. The molecule has 1 aromatic heterocycles. The van der Waals surface area contributed by atoms with E-state index in [0.29, 0.717) is 5.92 Å². The smallest absolute Gasteiger partial charge is 0.0751 e. The number of pyridine rings is 1. The molecule has 0 amide bonds. The van der Waals surface area contributed by atoms with E-state index in [0.717, 1.165) is 41.4 Å². The zero-order chi connectivity index (χ0) is 12.1. The second-order valence-corrected chi connectivity index (χ2v) is 4.41. The zero-order valence-corrected chi connectivity index (χ0v) is 11.4. The van der Waals surface area contributed by atoms with Crippen LogP contribution in [0, 0.1) is 0 Å². The third kappa shape index (κ3) is 2.67. The number of nitrogens with one attached hydrogen (secondary N) is 1. The minimum atomic E-state index is 0.434. The average molecular weight is 241 g/mol. The van der Waals surface area contributed by atoms with Crippen molar-refractivity contribution in [2.75, 3.05) is 11.9 Å². The van der Waals surface area contributed by atoms with E-state index >= 15 is 0 Å². The fraction of sp³-hybridized carbons (Fsp3) is 0.615. The highest BCUT2D eigenvalue weighted by Crippen LogP contribution is 2.34. The minimum Gasteiger partial charge on any atom is -0.382 e. The molecule has 0 radical (unpaired) electrons. The SMILES string of the molecule is CC.CC(C)c1cnc2c(c1Cl)NCCC2. The van der Waals surface area contributed by atoms with Gasteiger partial charge in [0.1, 0.15) is 0 Å². The van der Waals surface area contributed by atoms with E-state index in [1.807, 2.05) is 20.0 Å². The first-order chi connectivity index (χ1) is 7.70. The lowest BCUT2D eigenvalue weighted by molar-refractivity contribution is 0.787. The minimum absolute atomic E-state index is 0.434. The lowest BCUT2D eigenvalue weighted by Crippen LogP contribution is -2.14. The van der Waals surface area contributed by atoms with Gasteiger partial charge in [-0.15, -0.1) is 0 Å². The Balaban J connectivity index is 0.000000606. The predicted molar refractivity (Wildman–Crippen MR) is 71.5 cm³/mol. The Labute approximate surface area is 103 Å². The van der Waals surface area contributed by atoms with Gasteiger partial charge in [-0.05, 0) is 24.3 Å². The summed E-state index contributed by atoms with van der Waals surface area (Å²) in [6.45, 7) is 9.28. The van der Waals surface area contributed by atoms with Crippen LogP contribution in [0.4, 0.5) is 5.69 Å². The van der Waals surface area contributed by atoms with Gasteiger partial charge in [-0.3, -0.25) is 4.98 Å². The fourth-order valence-corrected chi connectivity index (χ4v) is 2.22. The van der Waals surface area contributed by atoms with Crippen LogP contribution in [0.3, 0.4) is 0 Å². The van der Waals surface area contributed by atoms with Gasteiger partial charge in [0, 0.05) is 12.7 Å². The Morgan fingerprint density at radius 1 is 1.38 bits per heavy atom. The molecular formula is C13H21ClN2. The summed E-state index contributed by atoms with van der Waals surface area (Å²) in [5, 5.41) is 4.20. The summed E-state index contributed by atoms with van der Waals surface area (Å²) < 4.78 is 0. The van der Waals surface area contributed by atoms with E-state index in [9.17, 15) is 0 Å². The van der Waals surface area contributed by atoms with E-state index in [4.69, 9.17) is 11.6 Å². The number of hydrogen-bond acceptors (Lipinski definition) is 2. The van der Waals surface area contributed by atoms with Crippen molar-refractivity contribution in [3.05, 3.63) is 22.5 Å². The molecule has 0 unspecified atom stereocenters. The Morgan fingerprint density at radius 2 is 2.06 bits per heavy atom. The Kier molecular flexibility index (Phi) is 5.07. The van der Waals surface area contributed by atoms with Crippen molar-refractivity contribution >= 4 is 17.3 Å². The summed E-state index contributed by atoms with van der Waals surface area (Å²) in [7, 11) is 0. The molecule has 0 aromatic carbocycles. The van der Waals surface area contributed by atoms with Crippen LogP contribution in [0.25, 0.3) is 0 Å². The molecule has 1 aromatic rings. The maximum Gasteiger partial charge on any atom is 0.0751 e. The topological polar surface area (TPSA) is 24.9 Å². The van der Waals surface area contributed by atoms with Crippen LogP contribution in [-0.2, 0) is 6.42 Å². The number of nitrogens with zero attached hydrogens (tertiary/aromatic N) is 1. The van der Waals surface area contributed by atoms with Gasteiger partial charge in [-0.25, -0.2) is 0 Å². The van der Waals surface area contributed by atoms with Crippen molar-refractivity contribution in [1.82, 2.24) is 4.98 Å². The molecule has 90 valence electrons. The van der Waals surface area contributed by atoms with Crippen LogP contribution in [0.5, 0.6) is 0 Å². The number of halogens is 1. The largest absolute Gasteiger partial charge is 0.382 e. The number of aromatic nitrogens is 1. The molecule has 16 heavy (non-hydrogen) atoms. The average Bonchev–Trinajstić information content (AvgIpc) is 2.32. The van der Waals surface area contributed by atoms with Gasteiger partial charge in [0.15, 0.2) is 0 Å². The number of aryl methyl sites for hydroxylation is 1. The second kappa shape index (κ2) is 6.09. The summed E-state index contributed by atoms with van der Waals surface area (Å²) in [4.78, 5) is 4.45. The van der Waals surface area contributed by atoms with Gasteiger partial charge in [-0.1, -0.05) is 39.3 Å². The maximum absolute atomic E-state index is 6.32. The van der Waals surface area contributed by atoms with Crippen molar-refractivity contribution in [2.45, 2.75) is 46.5 Å². The molecule has 3 heteroatoms. The highest BCUT2D eigenvalue weighted by atomic mass is 35.5. The molecule has 2 heterocycles. The van der Waals surface area contributed by atoms with E-state index in [2.05, 4.69) is 24.1 Å². The fourth-order valence-electron chi connectivity index (χ4n) is 1.78. The van der Waals surface area contributed by atoms with E-state index in [1.165, 1.54) is 0 Å². The molecule has 1 aliphatic rings. The molecule has 0 aliphatic carbocycles. The molecule has 1 aliphatic heterocycles. The van der Waals surface area contributed by atoms with Crippen LogP contribution in [0.15, 0.2) is 6.20 Å². The van der Waals surface area contributed by atoms with Crippen LogP contribution in [-0.4, -0.2) is 11.5 Å². The van der Waals surface area contributed by atoms with Crippen LogP contribution < -0.4 is 5.32 Å². The van der Waals surface area contributed by atoms with Gasteiger partial charge >= 0.3 is 0 Å². The predicted octanol–water partition coefficient (Wildman–Crippen LogP) is 4.24. The quantitative estimate of drug-likeness (QED) is 0.794. The van der Waals surface area contributed by atoms with Crippen LogP contribution in [0.2, 0.25) is 5.02 Å². The van der Waals surface area contributed by atoms with Gasteiger partial charge in [0.2, 0.25) is 0 Å². The highest BCUT2D eigenvalue weighted by molar-refractivity contribution is 6.34. The second-order valence-electron chi connectivity index (χ2n) is 4.03. The lowest BCUT2D eigenvalue weighted by Gasteiger charge is -2.20. The standard InChI is InChI=1S/C11H15ClN2.C2H6/c1-7(2)8-6-14-9-4-3-5-13-11(9)10(8)12;1-2/h6-7,13H,3-5H2,1-2H3;1-2H3. The number of rotatable bonds is 1. The van der Waals surface area contributed by atoms with Crippen molar-refractivity contribution in [2.24, 2.45) is 0 Å². The molecule has 0 bridgehead atoms. The number of hydrogen-bond donors (Lipinski definition) is 1. The maximum atomic E-state index is 6.32. The monoisotopic (exact) mass is 240 g/mol. The lowest BCUT2D eigenvalue weighted by atomic mass is 10.0. The third-order valence-electron chi connectivity index (χ3n) is 2.64. The van der Waals surface area contributed by atoms with Crippen LogP contribution in [0.1, 0.15) is 51.3 Å². The number of anilines is 1. The molecule has 0 saturated carbocycles. The van der Waals surface area contributed by atoms with Crippen LogP contribution >= 0.6 is 11.6 Å². The Hall–Kier alpha value is -0.760. The highest BCUT2D eigenvalue weighted by Gasteiger charge is 2.17. The first-order valence-electron chi connectivity index (χ1n) is 6.11. The molecule has 0 fully saturated rings. The van der Waals surface area contributed by atoms with Crippen molar-refractivity contribution in [3.63, 3.8) is 0 Å². The van der Waals surface area contributed by atoms with Crippen molar-refractivity contribution < 1.29 is 0 Å². The zero-order valence-electron chi connectivity index (χ0n) is 10.6. The molecule has 0 spiro atoms. The molecule has 0 saturated heterocycles. The summed E-state index contributed by atoms with van der Waals surface area (Å²) in [6.07, 6.45) is 4.11. The summed E-state index contributed by atoms with van der Waals surface area (Å²) in [5.41, 5.74) is 3.31. The van der Waals surface area contributed by atoms with Gasteiger partial charge < -0.3 is 5.32 Å². The normalized spacial score (nSPS) is 13.6. The Morgan fingerprint density at radius 3 is 2.69 bits per heavy atom. The van der Waals surface area contributed by atoms with Gasteiger partial charge in [0.05, 0.1) is 16.4 Å². The van der Waals surface area contributed by atoms with E-state index in [-0.39, 0.29) is 0 Å². The molecule has 2 rings (SSSR count). The van der Waals surface area contributed by atoms with Crippen molar-refractivity contribution in [1.29, 1.82) is 0 Å². The first-order valence-corrected chi connectivity index (χ1v) is 6.49. The molecule has 0 atom stereocenters. The number of fused-ring (bicyclic) bond motifs is 1. The third-order valence-corrected chi connectivity index (χ3v) is 3.04. The summed E-state index contributed by atoms with van der Waals surface area (Å²) >= 11 is 6.32.